The quantitative estimate of drug-likeness (QED) is 0.485. The number of urea groups is 1. The van der Waals surface area contributed by atoms with Crippen LogP contribution in [0.25, 0.3) is 0 Å². The van der Waals surface area contributed by atoms with E-state index in [1.54, 1.807) is 6.92 Å². The molecule has 0 bridgehead atoms. The summed E-state index contributed by atoms with van der Waals surface area (Å²) in [5.74, 6) is -0.262. The van der Waals surface area contributed by atoms with Gasteiger partial charge in [-0.3, -0.25) is 10.1 Å². The highest BCUT2D eigenvalue weighted by Gasteiger charge is 2.47. The van der Waals surface area contributed by atoms with Gasteiger partial charge in [-0.25, -0.2) is 4.79 Å². The number of aliphatic hydroxyl groups is 1. The zero-order valence-electron chi connectivity index (χ0n) is 9.65. The number of amides is 3. The average molecular weight is 230 g/mol. The van der Waals surface area contributed by atoms with Gasteiger partial charge < -0.3 is 14.7 Å². The van der Waals surface area contributed by atoms with E-state index in [-0.39, 0.29) is 25.2 Å². The summed E-state index contributed by atoms with van der Waals surface area (Å²) in [6.45, 7) is 4.46. The first kappa shape index (κ1) is 12.9. The second kappa shape index (κ2) is 5.27. The minimum absolute atomic E-state index is 0.0455. The van der Waals surface area contributed by atoms with Crippen molar-refractivity contribution >= 4 is 11.9 Å². The Bertz CT molecular complexity index is 282. The largest absolute Gasteiger partial charge is 0.394 e. The van der Waals surface area contributed by atoms with Crippen LogP contribution in [0.15, 0.2) is 0 Å². The van der Waals surface area contributed by atoms with Gasteiger partial charge in [-0.15, -0.1) is 0 Å². The fourth-order valence-electron chi connectivity index (χ4n) is 1.67. The van der Waals surface area contributed by atoms with Crippen LogP contribution >= 0.6 is 0 Å². The lowest BCUT2D eigenvalue weighted by atomic mass is 9.97. The van der Waals surface area contributed by atoms with Gasteiger partial charge >= 0.3 is 6.03 Å². The first-order valence-electron chi connectivity index (χ1n) is 5.38. The molecule has 1 heterocycles. The van der Waals surface area contributed by atoms with Gasteiger partial charge in [0.15, 0.2) is 0 Å². The van der Waals surface area contributed by atoms with Gasteiger partial charge in [-0.2, -0.15) is 0 Å². The Morgan fingerprint density at radius 1 is 1.44 bits per heavy atom. The summed E-state index contributed by atoms with van der Waals surface area (Å²) in [5.41, 5.74) is -0.778. The minimum atomic E-state index is -0.778. The monoisotopic (exact) mass is 230 g/mol. The Kier molecular flexibility index (Phi) is 4.26. The predicted octanol–water partition coefficient (Wildman–Crippen LogP) is -0.284. The van der Waals surface area contributed by atoms with Crippen molar-refractivity contribution in [2.45, 2.75) is 25.8 Å². The molecule has 0 spiro atoms. The topological polar surface area (TPSA) is 78.9 Å². The molecule has 1 atom stereocenters. The third-order valence-corrected chi connectivity index (χ3v) is 2.93. The molecule has 6 nitrogen and oxygen atoms in total. The number of rotatable bonds is 6. The van der Waals surface area contributed by atoms with Crippen molar-refractivity contribution in [3.63, 3.8) is 0 Å². The molecule has 1 aliphatic rings. The molecule has 1 saturated heterocycles. The Balaban J connectivity index is 2.55. The molecule has 0 aromatic carbocycles. The smallest absolute Gasteiger partial charge is 0.325 e. The summed E-state index contributed by atoms with van der Waals surface area (Å²) in [5, 5.41) is 10.8. The summed E-state index contributed by atoms with van der Waals surface area (Å²) in [7, 11) is 0. The zero-order chi connectivity index (χ0) is 12.2. The van der Waals surface area contributed by atoms with Crippen LogP contribution in [0.4, 0.5) is 4.79 Å². The fraction of sp³-hybridized carbons (Fsp3) is 0.800. The lowest BCUT2D eigenvalue weighted by Crippen LogP contribution is -2.47. The van der Waals surface area contributed by atoms with Crippen LogP contribution in [-0.4, -0.2) is 53.8 Å². The number of imide groups is 1. The van der Waals surface area contributed by atoms with Crippen LogP contribution in [-0.2, 0) is 9.53 Å². The van der Waals surface area contributed by atoms with Crippen molar-refractivity contribution in [3.8, 4) is 0 Å². The van der Waals surface area contributed by atoms with Crippen LogP contribution in [0, 0.1) is 0 Å². The number of aliphatic hydroxyl groups excluding tert-OH is 1. The Morgan fingerprint density at radius 2 is 2.12 bits per heavy atom. The van der Waals surface area contributed by atoms with E-state index >= 15 is 0 Å². The summed E-state index contributed by atoms with van der Waals surface area (Å²) >= 11 is 0. The number of hydrogen-bond acceptors (Lipinski definition) is 4. The molecule has 0 aromatic rings. The molecule has 0 aliphatic carbocycles. The van der Waals surface area contributed by atoms with E-state index in [1.165, 1.54) is 4.90 Å². The van der Waals surface area contributed by atoms with Gasteiger partial charge in [-0.05, 0) is 13.3 Å². The van der Waals surface area contributed by atoms with Crippen LogP contribution in [0.5, 0.6) is 0 Å². The van der Waals surface area contributed by atoms with Crippen LogP contribution in [0.1, 0.15) is 20.3 Å². The highest BCUT2D eigenvalue weighted by Crippen LogP contribution is 2.24. The maximum atomic E-state index is 11.6. The maximum Gasteiger partial charge on any atom is 0.325 e. The van der Waals surface area contributed by atoms with Crippen molar-refractivity contribution in [1.29, 1.82) is 0 Å². The van der Waals surface area contributed by atoms with Gasteiger partial charge in [0.05, 0.1) is 19.8 Å². The number of hydrogen-bond donors (Lipinski definition) is 2. The molecule has 16 heavy (non-hydrogen) atoms. The van der Waals surface area contributed by atoms with Crippen LogP contribution < -0.4 is 5.32 Å². The first-order chi connectivity index (χ1) is 7.56. The lowest BCUT2D eigenvalue weighted by Gasteiger charge is -2.30. The zero-order valence-corrected chi connectivity index (χ0v) is 9.65. The number of ether oxygens (including phenoxy) is 1. The molecule has 3 amide bonds. The van der Waals surface area contributed by atoms with Crippen LogP contribution in [0.2, 0.25) is 0 Å². The van der Waals surface area contributed by atoms with Crippen molar-refractivity contribution in [2.75, 3.05) is 26.4 Å². The molecule has 0 saturated carbocycles. The predicted molar refractivity (Wildman–Crippen MR) is 56.8 cm³/mol. The maximum absolute atomic E-state index is 11.6. The lowest BCUT2D eigenvalue weighted by molar-refractivity contribution is -0.126. The van der Waals surface area contributed by atoms with E-state index in [0.717, 1.165) is 0 Å². The Labute approximate surface area is 94.6 Å². The summed E-state index contributed by atoms with van der Waals surface area (Å²) in [6.07, 6.45) is 0.560. The SMILES string of the molecule is CCC1(C)C(=O)NC(=O)N1CCOCCO. The molecular formula is C10H18N2O4. The van der Waals surface area contributed by atoms with Gasteiger partial charge in [0.1, 0.15) is 5.54 Å². The highest BCUT2D eigenvalue weighted by molar-refractivity contribution is 6.06. The van der Waals surface area contributed by atoms with E-state index in [9.17, 15) is 9.59 Å². The molecule has 6 heteroatoms. The Morgan fingerprint density at radius 3 is 2.69 bits per heavy atom. The fourth-order valence-corrected chi connectivity index (χ4v) is 1.67. The van der Waals surface area contributed by atoms with E-state index in [4.69, 9.17) is 9.84 Å². The van der Waals surface area contributed by atoms with E-state index in [0.29, 0.717) is 19.6 Å². The number of nitrogens with one attached hydrogen (secondary N) is 1. The van der Waals surface area contributed by atoms with Gasteiger partial charge in [0.2, 0.25) is 0 Å². The van der Waals surface area contributed by atoms with E-state index in [1.807, 2.05) is 6.92 Å². The van der Waals surface area contributed by atoms with Crippen molar-refractivity contribution < 1.29 is 19.4 Å². The number of carbonyl (C=O) groups excluding carboxylic acids is 2. The van der Waals surface area contributed by atoms with Gasteiger partial charge in [0.25, 0.3) is 5.91 Å². The average Bonchev–Trinajstić information content (AvgIpc) is 2.47. The third-order valence-electron chi connectivity index (χ3n) is 2.93. The number of nitrogens with zero attached hydrogens (tertiary/aromatic N) is 1. The number of carbonyl (C=O) groups is 2. The van der Waals surface area contributed by atoms with Crippen molar-refractivity contribution in [2.24, 2.45) is 0 Å². The molecule has 1 aliphatic heterocycles. The van der Waals surface area contributed by atoms with Gasteiger partial charge in [-0.1, -0.05) is 6.92 Å². The summed E-state index contributed by atoms with van der Waals surface area (Å²) in [6, 6.07) is -0.373. The van der Waals surface area contributed by atoms with Crippen molar-refractivity contribution in [1.82, 2.24) is 10.2 Å². The molecule has 0 radical (unpaired) electrons. The van der Waals surface area contributed by atoms with E-state index < -0.39 is 5.54 Å². The highest BCUT2D eigenvalue weighted by atomic mass is 16.5. The normalized spacial score (nSPS) is 25.1. The molecule has 92 valence electrons. The molecule has 1 rings (SSSR count). The van der Waals surface area contributed by atoms with Crippen molar-refractivity contribution in [3.05, 3.63) is 0 Å². The first-order valence-corrected chi connectivity index (χ1v) is 5.38. The molecule has 1 fully saturated rings. The second-order valence-electron chi connectivity index (χ2n) is 3.87. The molecule has 2 N–H and O–H groups in total. The second-order valence-corrected chi connectivity index (χ2v) is 3.87. The molecule has 0 aromatic heterocycles. The molecule has 1 unspecified atom stereocenters. The van der Waals surface area contributed by atoms with Gasteiger partial charge in [0, 0.05) is 6.54 Å². The molecular weight excluding hydrogens is 212 g/mol. The third kappa shape index (κ3) is 2.33. The summed E-state index contributed by atoms with van der Waals surface area (Å²) in [4.78, 5) is 24.6. The minimum Gasteiger partial charge on any atom is -0.394 e. The van der Waals surface area contributed by atoms with Crippen LogP contribution in [0.3, 0.4) is 0 Å². The Hall–Kier alpha value is -1.14. The van der Waals surface area contributed by atoms with E-state index in [2.05, 4.69) is 5.32 Å². The standard InChI is InChI=1S/C10H18N2O4/c1-3-10(2)8(14)11-9(15)12(10)4-6-16-7-5-13/h13H,3-7H2,1-2H3,(H,11,14,15). The summed E-state index contributed by atoms with van der Waals surface area (Å²) < 4.78 is 5.08.